The van der Waals surface area contributed by atoms with E-state index in [1.807, 2.05) is 24.3 Å². The molecule has 0 bridgehead atoms. The highest BCUT2D eigenvalue weighted by Crippen LogP contribution is 2.38. The van der Waals surface area contributed by atoms with Crippen molar-refractivity contribution in [3.63, 3.8) is 0 Å². The maximum atomic E-state index is 12.1. The van der Waals surface area contributed by atoms with Gasteiger partial charge in [0.25, 0.3) is 0 Å². The van der Waals surface area contributed by atoms with Crippen molar-refractivity contribution in [3.05, 3.63) is 24.3 Å². The number of amides is 2. The molecular formula is C18H25N3O3. The lowest BCUT2D eigenvalue weighted by Crippen LogP contribution is -2.36. The second kappa shape index (κ2) is 7.21. The summed E-state index contributed by atoms with van der Waals surface area (Å²) in [4.78, 5) is 27.9. The minimum Gasteiger partial charge on any atom is -0.378 e. The summed E-state index contributed by atoms with van der Waals surface area (Å²) in [6.45, 7) is 5.42. The van der Waals surface area contributed by atoms with Crippen molar-refractivity contribution in [2.45, 2.75) is 13.3 Å². The number of hydrogen-bond acceptors (Lipinski definition) is 4. The molecule has 1 aromatic rings. The zero-order valence-corrected chi connectivity index (χ0v) is 14.3. The number of rotatable bonds is 5. The van der Waals surface area contributed by atoms with E-state index in [4.69, 9.17) is 4.74 Å². The Balaban J connectivity index is 1.49. The SMILES string of the molecule is CC1CC1C(=O)N(C)CC(=O)Nc1ccc(N2CCOCC2)cc1. The van der Waals surface area contributed by atoms with Gasteiger partial charge in [-0.25, -0.2) is 0 Å². The molecular weight excluding hydrogens is 306 g/mol. The minimum atomic E-state index is -0.168. The fourth-order valence-electron chi connectivity index (χ4n) is 3.02. The van der Waals surface area contributed by atoms with Crippen LogP contribution >= 0.6 is 0 Å². The second-order valence-corrected chi connectivity index (χ2v) is 6.71. The van der Waals surface area contributed by atoms with E-state index in [1.54, 1.807) is 7.05 Å². The molecule has 24 heavy (non-hydrogen) atoms. The summed E-state index contributed by atoms with van der Waals surface area (Å²) in [5, 5.41) is 2.85. The maximum absolute atomic E-state index is 12.1. The number of nitrogens with zero attached hydrogens (tertiary/aromatic N) is 2. The summed E-state index contributed by atoms with van der Waals surface area (Å²) < 4.78 is 5.35. The molecule has 6 heteroatoms. The van der Waals surface area contributed by atoms with E-state index >= 15 is 0 Å². The normalized spacial score (nSPS) is 22.8. The summed E-state index contributed by atoms with van der Waals surface area (Å²) >= 11 is 0. The van der Waals surface area contributed by atoms with Crippen LogP contribution in [-0.2, 0) is 14.3 Å². The van der Waals surface area contributed by atoms with Crippen LogP contribution in [0.15, 0.2) is 24.3 Å². The lowest BCUT2D eigenvalue weighted by molar-refractivity contribution is -0.134. The molecule has 2 amide bonds. The van der Waals surface area contributed by atoms with Crippen LogP contribution in [0.25, 0.3) is 0 Å². The number of morpholine rings is 1. The van der Waals surface area contributed by atoms with Crippen molar-refractivity contribution in [1.82, 2.24) is 4.90 Å². The van der Waals surface area contributed by atoms with Crippen molar-refractivity contribution in [2.24, 2.45) is 11.8 Å². The predicted octanol–water partition coefficient (Wildman–Crippen LogP) is 1.58. The highest BCUT2D eigenvalue weighted by Gasteiger charge is 2.40. The Labute approximate surface area is 142 Å². The number of ether oxygens (including phenoxy) is 1. The molecule has 1 aliphatic carbocycles. The summed E-state index contributed by atoms with van der Waals surface area (Å²) in [5.41, 5.74) is 1.88. The first-order valence-corrected chi connectivity index (χ1v) is 8.52. The van der Waals surface area contributed by atoms with Gasteiger partial charge in [-0.15, -0.1) is 0 Å². The largest absolute Gasteiger partial charge is 0.378 e. The van der Waals surface area contributed by atoms with Crippen LogP contribution in [0.1, 0.15) is 13.3 Å². The zero-order chi connectivity index (χ0) is 17.1. The van der Waals surface area contributed by atoms with Gasteiger partial charge in [0.15, 0.2) is 0 Å². The van der Waals surface area contributed by atoms with Gasteiger partial charge in [-0.2, -0.15) is 0 Å². The Morgan fingerprint density at radius 2 is 1.88 bits per heavy atom. The number of likely N-dealkylation sites (N-methyl/N-ethyl adjacent to an activating group) is 1. The van der Waals surface area contributed by atoms with Gasteiger partial charge in [-0.05, 0) is 36.6 Å². The van der Waals surface area contributed by atoms with Gasteiger partial charge in [0, 0.05) is 37.4 Å². The first-order chi connectivity index (χ1) is 11.5. The Bertz CT molecular complexity index is 596. The smallest absolute Gasteiger partial charge is 0.243 e. The van der Waals surface area contributed by atoms with Gasteiger partial charge < -0.3 is 19.9 Å². The van der Waals surface area contributed by atoms with E-state index < -0.39 is 0 Å². The van der Waals surface area contributed by atoms with Crippen LogP contribution < -0.4 is 10.2 Å². The van der Waals surface area contributed by atoms with Crippen LogP contribution in [0.5, 0.6) is 0 Å². The van der Waals surface area contributed by atoms with Crippen molar-refractivity contribution in [1.29, 1.82) is 0 Å². The van der Waals surface area contributed by atoms with Crippen LogP contribution in [0, 0.1) is 11.8 Å². The quantitative estimate of drug-likeness (QED) is 0.890. The van der Waals surface area contributed by atoms with E-state index in [0.717, 1.165) is 44.1 Å². The minimum absolute atomic E-state index is 0.0697. The molecule has 1 aliphatic heterocycles. The first kappa shape index (κ1) is 16.8. The second-order valence-electron chi connectivity index (χ2n) is 6.71. The molecule has 3 rings (SSSR count). The van der Waals surface area contributed by atoms with Crippen LogP contribution in [-0.4, -0.2) is 56.6 Å². The lowest BCUT2D eigenvalue weighted by atomic mass is 10.2. The third kappa shape index (κ3) is 4.06. The van der Waals surface area contributed by atoms with Gasteiger partial charge in [0.2, 0.25) is 11.8 Å². The molecule has 1 saturated heterocycles. The molecule has 1 N–H and O–H groups in total. The number of carbonyl (C=O) groups excluding carboxylic acids is 2. The molecule has 130 valence electrons. The monoisotopic (exact) mass is 331 g/mol. The van der Waals surface area contributed by atoms with Gasteiger partial charge in [-0.1, -0.05) is 6.92 Å². The zero-order valence-electron chi connectivity index (χ0n) is 14.3. The van der Waals surface area contributed by atoms with E-state index in [-0.39, 0.29) is 24.3 Å². The van der Waals surface area contributed by atoms with Gasteiger partial charge >= 0.3 is 0 Å². The molecule has 0 radical (unpaired) electrons. The van der Waals surface area contributed by atoms with Crippen LogP contribution in [0.4, 0.5) is 11.4 Å². The third-order valence-electron chi connectivity index (χ3n) is 4.71. The van der Waals surface area contributed by atoms with Crippen LogP contribution in [0.3, 0.4) is 0 Å². The molecule has 2 aliphatic rings. The van der Waals surface area contributed by atoms with Gasteiger partial charge in [0.1, 0.15) is 0 Å². The third-order valence-corrected chi connectivity index (χ3v) is 4.71. The summed E-state index contributed by atoms with van der Waals surface area (Å²) in [6, 6.07) is 7.80. The number of carbonyl (C=O) groups is 2. The first-order valence-electron chi connectivity index (χ1n) is 8.52. The Morgan fingerprint density at radius 3 is 2.46 bits per heavy atom. The van der Waals surface area contributed by atoms with E-state index in [9.17, 15) is 9.59 Å². The molecule has 0 aromatic heterocycles. The highest BCUT2D eigenvalue weighted by molar-refractivity contribution is 5.95. The molecule has 6 nitrogen and oxygen atoms in total. The standard InChI is InChI=1S/C18H25N3O3/c1-13-11-16(13)18(23)20(2)12-17(22)19-14-3-5-15(6-4-14)21-7-9-24-10-8-21/h3-6,13,16H,7-12H2,1-2H3,(H,19,22). The number of hydrogen-bond donors (Lipinski definition) is 1. The summed E-state index contributed by atoms with van der Waals surface area (Å²) in [5.74, 6) is 0.463. The average molecular weight is 331 g/mol. The number of anilines is 2. The Hall–Kier alpha value is -2.08. The number of nitrogens with one attached hydrogen (secondary N) is 1. The van der Waals surface area contributed by atoms with Crippen molar-refractivity contribution in [3.8, 4) is 0 Å². The topological polar surface area (TPSA) is 61.9 Å². The fourth-order valence-corrected chi connectivity index (χ4v) is 3.02. The molecule has 2 unspecified atom stereocenters. The lowest BCUT2D eigenvalue weighted by Gasteiger charge is -2.28. The predicted molar refractivity (Wildman–Crippen MR) is 93.0 cm³/mol. The molecule has 2 atom stereocenters. The Kier molecular flexibility index (Phi) is 5.04. The van der Waals surface area contributed by atoms with Crippen molar-refractivity contribution >= 4 is 23.2 Å². The van der Waals surface area contributed by atoms with E-state index in [0.29, 0.717) is 5.92 Å². The van der Waals surface area contributed by atoms with E-state index in [1.165, 1.54) is 4.90 Å². The number of benzene rings is 1. The van der Waals surface area contributed by atoms with Gasteiger partial charge in [0.05, 0.1) is 19.8 Å². The fraction of sp³-hybridized carbons (Fsp3) is 0.556. The highest BCUT2D eigenvalue weighted by atomic mass is 16.5. The molecule has 1 aromatic carbocycles. The molecule has 1 heterocycles. The van der Waals surface area contributed by atoms with Crippen molar-refractivity contribution in [2.75, 3.05) is 50.1 Å². The van der Waals surface area contributed by atoms with Crippen LogP contribution in [0.2, 0.25) is 0 Å². The maximum Gasteiger partial charge on any atom is 0.243 e. The molecule has 1 saturated carbocycles. The van der Waals surface area contributed by atoms with Crippen molar-refractivity contribution < 1.29 is 14.3 Å². The Morgan fingerprint density at radius 1 is 1.25 bits per heavy atom. The van der Waals surface area contributed by atoms with Gasteiger partial charge in [-0.3, -0.25) is 9.59 Å². The molecule has 0 spiro atoms. The average Bonchev–Trinajstić information content (AvgIpc) is 3.32. The summed E-state index contributed by atoms with van der Waals surface area (Å²) in [6.07, 6.45) is 0.938. The van der Waals surface area contributed by atoms with E-state index in [2.05, 4.69) is 17.1 Å². The summed E-state index contributed by atoms with van der Waals surface area (Å²) in [7, 11) is 1.69. The molecule has 2 fully saturated rings.